The summed E-state index contributed by atoms with van der Waals surface area (Å²) in [5.74, 6) is 1.79. The number of rotatable bonds is 4. The number of allylic oxidation sites excluding steroid dienone is 2. The fourth-order valence-electron chi connectivity index (χ4n) is 5.53. The maximum absolute atomic E-state index is 6.06. The largest absolute Gasteiger partial charge is 0.487 e. The number of hydrogen-bond acceptors (Lipinski definition) is 2. The van der Waals surface area contributed by atoms with Crippen LogP contribution in [-0.4, -0.2) is 6.61 Å². The Labute approximate surface area is 182 Å². The van der Waals surface area contributed by atoms with E-state index in [1.807, 2.05) is 0 Å². The van der Waals surface area contributed by atoms with Crippen LogP contribution in [0.2, 0.25) is 0 Å². The Balaban J connectivity index is 1.59. The molecule has 0 saturated carbocycles. The van der Waals surface area contributed by atoms with Gasteiger partial charge in [0.2, 0.25) is 0 Å². The summed E-state index contributed by atoms with van der Waals surface area (Å²) in [6.45, 7) is 4.32. The first-order chi connectivity index (χ1) is 15.3. The third kappa shape index (κ3) is 2.86. The van der Waals surface area contributed by atoms with Crippen LogP contribution in [0.1, 0.15) is 29.5 Å². The molecule has 0 aromatic heterocycles. The molecular weight excluding hydrogens is 378 g/mol. The normalized spacial score (nSPS) is 21.5. The summed E-state index contributed by atoms with van der Waals surface area (Å²) in [6.07, 6.45) is 7.62. The van der Waals surface area contributed by atoms with Gasteiger partial charge in [-0.15, -0.1) is 0 Å². The molecule has 0 spiro atoms. The summed E-state index contributed by atoms with van der Waals surface area (Å²) < 4.78 is 6.06. The molecule has 2 nitrogen and oxygen atoms in total. The summed E-state index contributed by atoms with van der Waals surface area (Å²) in [6, 6.07) is 26.5. The van der Waals surface area contributed by atoms with Crippen LogP contribution in [0.4, 0.5) is 5.69 Å². The molecule has 0 radical (unpaired) electrons. The zero-order chi connectivity index (χ0) is 20.8. The molecule has 3 unspecified atom stereocenters. The number of benzene rings is 4. The molecule has 2 heteroatoms. The molecule has 1 heterocycles. The van der Waals surface area contributed by atoms with E-state index in [2.05, 4.69) is 96.8 Å². The summed E-state index contributed by atoms with van der Waals surface area (Å²) >= 11 is 0. The average molecular weight is 404 g/mol. The van der Waals surface area contributed by atoms with Gasteiger partial charge in [0.1, 0.15) is 12.4 Å². The first kappa shape index (κ1) is 18.3. The van der Waals surface area contributed by atoms with Crippen molar-refractivity contribution in [2.45, 2.75) is 18.4 Å². The minimum atomic E-state index is 0.206. The number of para-hydroxylation sites is 1. The van der Waals surface area contributed by atoms with Gasteiger partial charge in [-0.25, -0.2) is 0 Å². The van der Waals surface area contributed by atoms with Gasteiger partial charge < -0.3 is 10.1 Å². The van der Waals surface area contributed by atoms with Gasteiger partial charge in [-0.05, 0) is 57.1 Å². The number of ether oxygens (including phenoxy) is 1. The molecule has 152 valence electrons. The molecule has 4 aromatic carbocycles. The van der Waals surface area contributed by atoms with Crippen molar-refractivity contribution in [1.29, 1.82) is 0 Å². The van der Waals surface area contributed by atoms with Gasteiger partial charge in [-0.1, -0.05) is 85.5 Å². The molecule has 1 aliphatic carbocycles. The van der Waals surface area contributed by atoms with E-state index in [4.69, 9.17) is 4.74 Å². The second-order valence-electron chi connectivity index (χ2n) is 8.53. The van der Waals surface area contributed by atoms with Gasteiger partial charge >= 0.3 is 0 Å². The van der Waals surface area contributed by atoms with Crippen LogP contribution in [-0.2, 0) is 0 Å². The van der Waals surface area contributed by atoms with Crippen LogP contribution >= 0.6 is 0 Å². The standard InChI is InChI=1S/C29H25NO/c1-2-17-31-26-16-8-15-24-23-13-7-14-25(23)29(30-28(24)26)27-21-11-5-3-9-19(21)18-20-10-4-6-12-22(20)27/h2-13,15-16,18,23,25,29-30H,1,14,17H2. The summed E-state index contributed by atoms with van der Waals surface area (Å²) in [4.78, 5) is 0. The van der Waals surface area contributed by atoms with Crippen molar-refractivity contribution in [2.24, 2.45) is 5.92 Å². The average Bonchev–Trinajstić information content (AvgIpc) is 3.31. The highest BCUT2D eigenvalue weighted by atomic mass is 16.5. The Morgan fingerprint density at radius 1 is 0.935 bits per heavy atom. The Bertz CT molecular complexity index is 1280. The van der Waals surface area contributed by atoms with Crippen LogP contribution < -0.4 is 10.1 Å². The van der Waals surface area contributed by atoms with Crippen molar-refractivity contribution in [3.05, 3.63) is 109 Å². The summed E-state index contributed by atoms with van der Waals surface area (Å²) in [7, 11) is 0. The topological polar surface area (TPSA) is 21.3 Å². The fourth-order valence-corrected chi connectivity index (χ4v) is 5.53. The first-order valence-electron chi connectivity index (χ1n) is 11.1. The van der Waals surface area contributed by atoms with Gasteiger partial charge in [0.25, 0.3) is 0 Å². The zero-order valence-corrected chi connectivity index (χ0v) is 17.4. The highest BCUT2D eigenvalue weighted by molar-refractivity contribution is 6.03. The second kappa shape index (κ2) is 7.31. The number of hydrogen-bond donors (Lipinski definition) is 1. The molecule has 4 aromatic rings. The fraction of sp³-hybridized carbons (Fsp3) is 0.172. The predicted molar refractivity (Wildman–Crippen MR) is 130 cm³/mol. The monoisotopic (exact) mass is 403 g/mol. The molecule has 3 atom stereocenters. The molecule has 1 N–H and O–H groups in total. The lowest BCUT2D eigenvalue weighted by molar-refractivity contribution is 0.358. The smallest absolute Gasteiger partial charge is 0.143 e. The van der Waals surface area contributed by atoms with Gasteiger partial charge in [-0.2, -0.15) is 0 Å². The highest BCUT2D eigenvalue weighted by Gasteiger charge is 2.40. The van der Waals surface area contributed by atoms with E-state index in [0.717, 1.165) is 17.9 Å². The van der Waals surface area contributed by atoms with E-state index in [1.165, 1.54) is 32.7 Å². The Kier molecular flexibility index (Phi) is 4.31. The van der Waals surface area contributed by atoms with E-state index in [9.17, 15) is 0 Å². The number of fused-ring (bicyclic) bond motifs is 5. The number of nitrogens with one attached hydrogen (secondary N) is 1. The van der Waals surface area contributed by atoms with Crippen molar-refractivity contribution in [3.8, 4) is 5.75 Å². The van der Waals surface area contributed by atoms with E-state index in [0.29, 0.717) is 18.4 Å². The molecule has 6 rings (SSSR count). The quantitative estimate of drug-likeness (QED) is 0.283. The van der Waals surface area contributed by atoms with Crippen LogP contribution in [0.5, 0.6) is 5.75 Å². The lowest BCUT2D eigenvalue weighted by Crippen LogP contribution is -2.29. The molecule has 1 aliphatic heterocycles. The third-order valence-corrected chi connectivity index (χ3v) is 6.84. The highest BCUT2D eigenvalue weighted by Crippen LogP contribution is 2.53. The number of anilines is 1. The van der Waals surface area contributed by atoms with Crippen LogP contribution in [0.15, 0.2) is 97.6 Å². The van der Waals surface area contributed by atoms with Crippen molar-refractivity contribution < 1.29 is 4.74 Å². The molecule has 2 aliphatic rings. The molecule has 0 bridgehead atoms. The SMILES string of the molecule is C=CCOc1cccc2c1NC(c1c3ccccc3cc3ccccc13)C1CC=CC21. The van der Waals surface area contributed by atoms with Crippen molar-refractivity contribution in [3.63, 3.8) is 0 Å². The molecule has 0 amide bonds. The Morgan fingerprint density at radius 2 is 1.68 bits per heavy atom. The maximum Gasteiger partial charge on any atom is 0.143 e. The van der Waals surface area contributed by atoms with Crippen molar-refractivity contribution in [2.75, 3.05) is 11.9 Å². The van der Waals surface area contributed by atoms with Crippen molar-refractivity contribution in [1.82, 2.24) is 0 Å². The van der Waals surface area contributed by atoms with Gasteiger partial charge in [0.15, 0.2) is 0 Å². The predicted octanol–water partition coefficient (Wildman–Crippen LogP) is 7.38. The molecular formula is C29H25NO. The Hall–Kier alpha value is -3.52. The summed E-state index contributed by atoms with van der Waals surface area (Å²) in [5.41, 5.74) is 3.86. The minimum absolute atomic E-state index is 0.206. The van der Waals surface area contributed by atoms with Crippen LogP contribution in [0.3, 0.4) is 0 Å². The third-order valence-electron chi connectivity index (χ3n) is 6.84. The molecule has 0 fully saturated rings. The second-order valence-corrected chi connectivity index (χ2v) is 8.53. The minimum Gasteiger partial charge on any atom is -0.487 e. The maximum atomic E-state index is 6.06. The van der Waals surface area contributed by atoms with Crippen LogP contribution in [0, 0.1) is 5.92 Å². The summed E-state index contributed by atoms with van der Waals surface area (Å²) in [5, 5.41) is 9.20. The van der Waals surface area contributed by atoms with Gasteiger partial charge in [0, 0.05) is 5.92 Å². The Morgan fingerprint density at radius 3 is 2.42 bits per heavy atom. The zero-order valence-electron chi connectivity index (χ0n) is 17.4. The molecule has 0 saturated heterocycles. The lowest BCUT2D eigenvalue weighted by Gasteiger charge is -2.39. The first-order valence-corrected chi connectivity index (χ1v) is 11.1. The van der Waals surface area contributed by atoms with Crippen molar-refractivity contribution >= 4 is 27.2 Å². The lowest BCUT2D eigenvalue weighted by atomic mass is 9.75. The van der Waals surface area contributed by atoms with E-state index >= 15 is 0 Å². The van der Waals surface area contributed by atoms with E-state index < -0.39 is 0 Å². The van der Waals surface area contributed by atoms with Gasteiger partial charge in [-0.3, -0.25) is 0 Å². The van der Waals surface area contributed by atoms with E-state index in [-0.39, 0.29) is 6.04 Å². The molecule has 31 heavy (non-hydrogen) atoms. The van der Waals surface area contributed by atoms with E-state index in [1.54, 1.807) is 6.08 Å². The van der Waals surface area contributed by atoms with Gasteiger partial charge in [0.05, 0.1) is 11.7 Å². The van der Waals surface area contributed by atoms with Crippen LogP contribution in [0.25, 0.3) is 21.5 Å².